The zero-order valence-electron chi connectivity index (χ0n) is 18.5. The van der Waals surface area contributed by atoms with Crippen molar-refractivity contribution in [2.24, 2.45) is 0 Å². The van der Waals surface area contributed by atoms with Crippen LogP contribution in [0.1, 0.15) is 39.9 Å². The molecule has 0 saturated heterocycles. The highest BCUT2D eigenvalue weighted by Crippen LogP contribution is 2.41. The summed E-state index contributed by atoms with van der Waals surface area (Å²) in [5.74, 6) is -6.30. The Morgan fingerprint density at radius 1 is 0.868 bits per heavy atom. The number of benzene rings is 2. The van der Waals surface area contributed by atoms with Crippen LogP contribution in [-0.4, -0.2) is 30.3 Å². The lowest BCUT2D eigenvalue weighted by molar-refractivity contribution is -0.174. The molecule has 0 aliphatic heterocycles. The van der Waals surface area contributed by atoms with Crippen LogP contribution >= 0.6 is 34.8 Å². The quantitative estimate of drug-likeness (QED) is 0.198. The van der Waals surface area contributed by atoms with Crippen molar-refractivity contribution in [3.63, 3.8) is 0 Å². The van der Waals surface area contributed by atoms with Gasteiger partial charge in [-0.05, 0) is 42.3 Å². The molecule has 0 fully saturated rings. The fraction of sp³-hybridized carbons (Fsp3) is 0.273. The summed E-state index contributed by atoms with van der Waals surface area (Å²) in [5, 5.41) is 2.34. The van der Waals surface area contributed by atoms with Crippen molar-refractivity contribution in [3.05, 3.63) is 73.7 Å². The van der Waals surface area contributed by atoms with Crippen LogP contribution in [0.4, 0.5) is 39.5 Å². The molecular formula is C22H14Cl3F9N2O2. The Balaban J connectivity index is 2.40. The lowest BCUT2D eigenvalue weighted by Crippen LogP contribution is -2.50. The number of hydrogen-bond acceptors (Lipinski definition) is 2. The SMILES string of the molecule is C[C@@H](NC(=O)c1ccc(/C=C/C(c2cc(Cl)c(Cl)c(Cl)c2)C(F)(F)F)cc1C(F)(F)F)NC(=O)C(F)(F)F. The van der Waals surface area contributed by atoms with Crippen LogP contribution in [0.25, 0.3) is 6.08 Å². The normalized spacial score (nSPS) is 14.3. The first kappa shape index (κ1) is 31.6. The second-order valence-corrected chi connectivity index (χ2v) is 8.84. The minimum atomic E-state index is -5.30. The van der Waals surface area contributed by atoms with Crippen LogP contribution in [0, 0.1) is 0 Å². The third-order valence-electron chi connectivity index (χ3n) is 4.75. The lowest BCUT2D eigenvalue weighted by atomic mass is 9.96. The minimum absolute atomic E-state index is 0.196. The van der Waals surface area contributed by atoms with Gasteiger partial charge < -0.3 is 10.6 Å². The van der Waals surface area contributed by atoms with Gasteiger partial charge >= 0.3 is 24.4 Å². The van der Waals surface area contributed by atoms with Crippen LogP contribution in [0.3, 0.4) is 0 Å². The first-order valence-corrected chi connectivity index (χ1v) is 11.1. The van der Waals surface area contributed by atoms with Gasteiger partial charge in [0.05, 0.1) is 38.3 Å². The highest BCUT2D eigenvalue weighted by Gasteiger charge is 2.41. The standard InChI is InChI=1S/C22H14Cl3F9N2O2/c1-9(36-19(38)22(32,33)34)35-18(37)12-4-2-10(6-14(12)21(29,30)31)3-5-13(20(26,27)28)11-7-15(23)17(25)16(24)8-11/h2-9,13H,1H3,(H,35,37)(H,36,38)/b5-3+/t9-,13?/m0/s1. The third-order valence-corrected chi connectivity index (χ3v) is 5.94. The molecule has 0 radical (unpaired) electrons. The van der Waals surface area contributed by atoms with Gasteiger partial charge in [0, 0.05) is 0 Å². The van der Waals surface area contributed by atoms with Crippen LogP contribution in [-0.2, 0) is 11.0 Å². The van der Waals surface area contributed by atoms with Gasteiger partial charge in [-0.2, -0.15) is 39.5 Å². The smallest absolute Gasteiger partial charge is 0.332 e. The number of carbonyl (C=O) groups excluding carboxylic acids is 2. The fourth-order valence-corrected chi connectivity index (χ4v) is 3.67. The predicted molar refractivity (Wildman–Crippen MR) is 122 cm³/mol. The number of amides is 2. The van der Waals surface area contributed by atoms with Crippen LogP contribution in [0.15, 0.2) is 36.4 Å². The third kappa shape index (κ3) is 8.18. The van der Waals surface area contributed by atoms with Crippen molar-refractivity contribution in [3.8, 4) is 0 Å². The van der Waals surface area contributed by atoms with E-state index in [-0.39, 0.29) is 15.1 Å². The molecule has 0 bridgehead atoms. The summed E-state index contributed by atoms with van der Waals surface area (Å²) < 4.78 is 119. The molecule has 38 heavy (non-hydrogen) atoms. The Morgan fingerprint density at radius 2 is 1.42 bits per heavy atom. The molecule has 2 atom stereocenters. The number of allylic oxidation sites excluding steroid dienone is 1. The summed E-state index contributed by atoms with van der Waals surface area (Å²) in [4.78, 5) is 23.2. The maximum absolute atomic E-state index is 13.7. The molecule has 2 aromatic carbocycles. The maximum Gasteiger partial charge on any atom is 0.471 e. The van der Waals surface area contributed by atoms with Gasteiger partial charge in [0.2, 0.25) is 0 Å². The molecule has 2 amide bonds. The molecule has 16 heteroatoms. The van der Waals surface area contributed by atoms with Gasteiger partial charge in [0.25, 0.3) is 5.91 Å². The van der Waals surface area contributed by atoms with E-state index in [0.29, 0.717) is 18.2 Å². The van der Waals surface area contributed by atoms with Crippen molar-refractivity contribution < 1.29 is 49.1 Å². The van der Waals surface area contributed by atoms with E-state index < -0.39 is 64.7 Å². The van der Waals surface area contributed by atoms with Crippen molar-refractivity contribution in [2.75, 3.05) is 0 Å². The summed E-state index contributed by atoms with van der Waals surface area (Å²) in [6, 6.07) is 3.67. The summed E-state index contributed by atoms with van der Waals surface area (Å²) >= 11 is 17.3. The van der Waals surface area contributed by atoms with E-state index in [9.17, 15) is 49.1 Å². The zero-order valence-corrected chi connectivity index (χ0v) is 20.8. The number of halogens is 12. The summed E-state index contributed by atoms with van der Waals surface area (Å²) in [7, 11) is 0. The molecular weight excluding hydrogens is 602 g/mol. The van der Waals surface area contributed by atoms with Crippen LogP contribution in [0.5, 0.6) is 0 Å². The van der Waals surface area contributed by atoms with Crippen molar-refractivity contribution in [1.82, 2.24) is 10.6 Å². The van der Waals surface area contributed by atoms with Crippen LogP contribution < -0.4 is 10.6 Å². The Labute approximate surface area is 223 Å². The molecule has 0 heterocycles. The number of carbonyl (C=O) groups is 2. The Morgan fingerprint density at radius 3 is 1.89 bits per heavy atom. The monoisotopic (exact) mass is 614 g/mol. The topological polar surface area (TPSA) is 58.2 Å². The summed E-state index contributed by atoms with van der Waals surface area (Å²) in [5.41, 5.74) is -3.48. The van der Waals surface area contributed by atoms with E-state index in [0.717, 1.165) is 31.2 Å². The van der Waals surface area contributed by atoms with E-state index >= 15 is 0 Å². The van der Waals surface area contributed by atoms with Gasteiger partial charge in [0.1, 0.15) is 0 Å². The average Bonchev–Trinajstić information content (AvgIpc) is 2.75. The second-order valence-electron chi connectivity index (χ2n) is 7.65. The highest BCUT2D eigenvalue weighted by molar-refractivity contribution is 6.48. The van der Waals surface area contributed by atoms with Gasteiger partial charge in [-0.3, -0.25) is 9.59 Å². The first-order chi connectivity index (χ1) is 17.2. The Hall–Kier alpha value is -2.64. The maximum atomic E-state index is 13.7. The van der Waals surface area contributed by atoms with E-state index in [1.165, 1.54) is 5.32 Å². The molecule has 2 aromatic rings. The molecule has 0 spiro atoms. The molecule has 2 rings (SSSR count). The summed E-state index contributed by atoms with van der Waals surface area (Å²) in [6.45, 7) is 0.873. The second kappa shape index (κ2) is 11.6. The largest absolute Gasteiger partial charge is 0.471 e. The van der Waals surface area contributed by atoms with E-state index in [1.54, 1.807) is 5.32 Å². The number of hydrogen-bond donors (Lipinski definition) is 2. The highest BCUT2D eigenvalue weighted by atomic mass is 35.5. The number of nitrogens with one attached hydrogen (secondary N) is 2. The molecule has 2 N–H and O–H groups in total. The van der Waals surface area contributed by atoms with Gasteiger partial charge in [-0.25, -0.2) is 0 Å². The molecule has 208 valence electrons. The van der Waals surface area contributed by atoms with Crippen molar-refractivity contribution in [1.29, 1.82) is 0 Å². The molecule has 4 nitrogen and oxygen atoms in total. The van der Waals surface area contributed by atoms with Gasteiger partial charge in [-0.1, -0.05) is 53.0 Å². The first-order valence-electron chi connectivity index (χ1n) is 10.0. The lowest BCUT2D eigenvalue weighted by Gasteiger charge is -2.19. The molecule has 0 aromatic heterocycles. The fourth-order valence-electron chi connectivity index (χ4n) is 3.06. The average molecular weight is 616 g/mol. The van der Waals surface area contributed by atoms with Crippen LogP contribution in [0.2, 0.25) is 15.1 Å². The Kier molecular flexibility index (Phi) is 9.66. The Bertz CT molecular complexity index is 1220. The van der Waals surface area contributed by atoms with Crippen molar-refractivity contribution >= 4 is 52.7 Å². The molecule has 0 aliphatic carbocycles. The number of rotatable bonds is 6. The van der Waals surface area contributed by atoms with E-state index in [4.69, 9.17) is 34.8 Å². The molecule has 0 aliphatic rings. The predicted octanol–water partition coefficient (Wildman–Crippen LogP) is 7.78. The minimum Gasteiger partial charge on any atom is -0.332 e. The number of alkyl halides is 9. The molecule has 0 saturated carbocycles. The molecule has 1 unspecified atom stereocenters. The summed E-state index contributed by atoms with van der Waals surface area (Å²) in [6.07, 6.45) is -15.9. The van der Waals surface area contributed by atoms with Crippen molar-refractivity contribution in [2.45, 2.75) is 37.5 Å². The zero-order chi connectivity index (χ0) is 29.2. The van der Waals surface area contributed by atoms with E-state index in [2.05, 4.69) is 0 Å². The van der Waals surface area contributed by atoms with Gasteiger partial charge in [0.15, 0.2) is 0 Å². The van der Waals surface area contributed by atoms with Gasteiger partial charge in [-0.15, -0.1) is 0 Å². The van der Waals surface area contributed by atoms with E-state index in [1.807, 2.05) is 0 Å².